The summed E-state index contributed by atoms with van der Waals surface area (Å²) >= 11 is 0. The molecule has 0 heterocycles. The van der Waals surface area contributed by atoms with Crippen molar-refractivity contribution in [3.63, 3.8) is 0 Å². The van der Waals surface area contributed by atoms with E-state index in [0.29, 0.717) is 12.8 Å². The van der Waals surface area contributed by atoms with Gasteiger partial charge in [-0.05, 0) is 0 Å². The lowest BCUT2D eigenvalue weighted by molar-refractivity contribution is -0.138. The molecule has 0 N–H and O–H groups in total. The summed E-state index contributed by atoms with van der Waals surface area (Å²) in [6.45, 7) is 3.34. The van der Waals surface area contributed by atoms with Crippen molar-refractivity contribution in [2.45, 2.75) is 26.7 Å². The first-order chi connectivity index (χ1) is 5.20. The van der Waals surface area contributed by atoms with Crippen molar-refractivity contribution in [2.24, 2.45) is 0 Å². The van der Waals surface area contributed by atoms with E-state index in [1.807, 2.05) is 0 Å². The van der Waals surface area contributed by atoms with E-state index in [-0.39, 0.29) is 19.6 Å². The molecule has 0 spiro atoms. The molecule has 0 atom stereocenters. The second-order valence-electron chi connectivity index (χ2n) is 1.86. The Labute approximate surface area is 66.2 Å². The van der Waals surface area contributed by atoms with Crippen LogP contribution in [0.2, 0.25) is 0 Å². The van der Waals surface area contributed by atoms with Crippen LogP contribution in [0.15, 0.2) is 0 Å². The van der Waals surface area contributed by atoms with Crippen molar-refractivity contribution in [3.05, 3.63) is 0 Å². The lowest BCUT2D eigenvalue weighted by atomic mass is 10.3. The lowest BCUT2D eigenvalue weighted by Crippen LogP contribution is -2.14. The van der Waals surface area contributed by atoms with Gasteiger partial charge in [-0.1, -0.05) is 13.8 Å². The van der Waals surface area contributed by atoms with Crippen LogP contribution in [0.5, 0.6) is 0 Å². The van der Waals surface area contributed by atoms with Gasteiger partial charge in [0.1, 0.15) is 0 Å². The fourth-order valence-corrected chi connectivity index (χ4v) is 0.365. The van der Waals surface area contributed by atoms with E-state index in [2.05, 4.69) is 9.31 Å². The Hall–Kier alpha value is -0.995. The third-order valence-corrected chi connectivity index (χ3v) is 1.02. The fourth-order valence-electron chi connectivity index (χ4n) is 0.365. The van der Waals surface area contributed by atoms with Crippen molar-refractivity contribution >= 4 is 19.6 Å². The molecule has 0 aliphatic heterocycles. The number of hydrogen-bond acceptors (Lipinski definition) is 4. The molecule has 62 valence electrons. The fraction of sp³-hybridized carbons (Fsp3) is 0.667. The highest BCUT2D eigenvalue weighted by molar-refractivity contribution is 6.25. The van der Waals surface area contributed by atoms with Crippen molar-refractivity contribution in [1.29, 1.82) is 0 Å². The van der Waals surface area contributed by atoms with Crippen LogP contribution in [0.3, 0.4) is 0 Å². The Morgan fingerprint density at radius 3 is 1.73 bits per heavy atom. The van der Waals surface area contributed by atoms with Gasteiger partial charge in [0, 0.05) is 12.8 Å². The van der Waals surface area contributed by atoms with Crippen LogP contribution in [-0.4, -0.2) is 19.6 Å². The summed E-state index contributed by atoms with van der Waals surface area (Å²) < 4.78 is 8.96. The first-order valence-electron chi connectivity index (χ1n) is 3.52. The van der Waals surface area contributed by atoms with E-state index in [9.17, 15) is 9.59 Å². The number of rotatable bonds is 4. The van der Waals surface area contributed by atoms with Crippen LogP contribution < -0.4 is 0 Å². The van der Waals surface area contributed by atoms with Gasteiger partial charge in [0.05, 0.1) is 0 Å². The van der Waals surface area contributed by atoms with Crippen molar-refractivity contribution in [2.75, 3.05) is 0 Å². The molecule has 0 unspecified atom stereocenters. The first kappa shape index (κ1) is 10.0. The van der Waals surface area contributed by atoms with Crippen molar-refractivity contribution in [1.82, 2.24) is 0 Å². The molecule has 0 radical (unpaired) electrons. The van der Waals surface area contributed by atoms with Gasteiger partial charge in [-0.25, -0.2) is 0 Å². The monoisotopic (exact) mass is 158 g/mol. The molecule has 0 aliphatic carbocycles. The summed E-state index contributed by atoms with van der Waals surface area (Å²) in [5, 5.41) is 0. The maximum absolute atomic E-state index is 10.5. The molecule has 0 aliphatic rings. The highest BCUT2D eigenvalue weighted by Gasteiger charge is 2.04. The third kappa shape index (κ3) is 5.45. The average Bonchev–Trinajstić information content (AvgIpc) is 2.04. The van der Waals surface area contributed by atoms with E-state index in [0.717, 1.165) is 0 Å². The van der Waals surface area contributed by atoms with E-state index in [4.69, 9.17) is 0 Å². The molecule has 0 amide bonds. The summed E-state index contributed by atoms with van der Waals surface area (Å²) in [4.78, 5) is 20.9. The minimum atomic E-state index is -0.367. The van der Waals surface area contributed by atoms with E-state index < -0.39 is 0 Å². The van der Waals surface area contributed by atoms with Crippen LogP contribution in [0.25, 0.3) is 0 Å². The van der Waals surface area contributed by atoms with Gasteiger partial charge < -0.3 is 9.31 Å². The van der Waals surface area contributed by atoms with Gasteiger partial charge >= 0.3 is 7.69 Å². The SMILES string of the molecule is CCC(=O)OBOC(=O)CC. The largest absolute Gasteiger partial charge is 0.580 e. The summed E-state index contributed by atoms with van der Waals surface area (Å²) in [5.41, 5.74) is 0. The summed E-state index contributed by atoms with van der Waals surface area (Å²) in [6, 6.07) is 0. The zero-order valence-electron chi connectivity index (χ0n) is 6.75. The predicted molar refractivity (Wildman–Crippen MR) is 39.9 cm³/mol. The van der Waals surface area contributed by atoms with Gasteiger partial charge in [-0.3, -0.25) is 9.59 Å². The number of hydrogen-bond donors (Lipinski definition) is 0. The second-order valence-corrected chi connectivity index (χ2v) is 1.86. The summed E-state index contributed by atoms with van der Waals surface area (Å²) in [5.74, 6) is -0.734. The Kier molecular flexibility index (Phi) is 5.24. The third-order valence-electron chi connectivity index (χ3n) is 1.02. The van der Waals surface area contributed by atoms with Crippen LogP contribution in [-0.2, 0) is 18.9 Å². The molecule has 0 saturated carbocycles. The van der Waals surface area contributed by atoms with E-state index >= 15 is 0 Å². The first-order valence-corrected chi connectivity index (χ1v) is 3.52. The highest BCUT2D eigenvalue weighted by Crippen LogP contribution is 1.85. The van der Waals surface area contributed by atoms with Crippen molar-refractivity contribution in [3.8, 4) is 0 Å². The van der Waals surface area contributed by atoms with Gasteiger partial charge in [0.15, 0.2) is 0 Å². The molecular weight excluding hydrogens is 147 g/mol. The maximum atomic E-state index is 10.5. The molecular formula is C6H11BO4. The molecule has 0 bridgehead atoms. The van der Waals surface area contributed by atoms with Gasteiger partial charge in [0.2, 0.25) is 0 Å². The van der Waals surface area contributed by atoms with Crippen LogP contribution in [0.4, 0.5) is 0 Å². The summed E-state index contributed by atoms with van der Waals surface area (Å²) in [6.07, 6.45) is 0.591. The molecule has 0 aromatic carbocycles. The quantitative estimate of drug-likeness (QED) is 0.546. The molecule has 0 aromatic rings. The smallest absolute Gasteiger partial charge is 0.502 e. The zero-order chi connectivity index (χ0) is 8.69. The molecule has 11 heavy (non-hydrogen) atoms. The van der Waals surface area contributed by atoms with Gasteiger partial charge in [0.25, 0.3) is 11.9 Å². The molecule has 0 saturated heterocycles. The molecule has 0 rings (SSSR count). The second kappa shape index (κ2) is 5.76. The highest BCUT2D eigenvalue weighted by atomic mass is 16.6. The molecule has 4 nitrogen and oxygen atoms in total. The average molecular weight is 158 g/mol. The van der Waals surface area contributed by atoms with Crippen LogP contribution >= 0.6 is 0 Å². The van der Waals surface area contributed by atoms with E-state index in [1.54, 1.807) is 13.8 Å². The summed E-state index contributed by atoms with van der Waals surface area (Å²) in [7, 11) is -0.265. The Bertz CT molecular complexity index is 130. The zero-order valence-corrected chi connectivity index (χ0v) is 6.75. The molecule has 0 fully saturated rings. The maximum Gasteiger partial charge on any atom is 0.580 e. The topological polar surface area (TPSA) is 52.6 Å². The number of carbonyl (C=O) groups excluding carboxylic acids is 2. The van der Waals surface area contributed by atoms with Gasteiger partial charge in [-0.15, -0.1) is 0 Å². The van der Waals surface area contributed by atoms with Crippen LogP contribution in [0, 0.1) is 0 Å². The Morgan fingerprint density at radius 2 is 1.45 bits per heavy atom. The lowest BCUT2D eigenvalue weighted by Gasteiger charge is -2.01. The Morgan fingerprint density at radius 1 is 1.09 bits per heavy atom. The normalized spacial score (nSPS) is 8.55. The minimum absolute atomic E-state index is 0.265. The Balaban J connectivity index is 3.27. The van der Waals surface area contributed by atoms with Crippen molar-refractivity contribution < 1.29 is 18.9 Å². The minimum Gasteiger partial charge on any atom is -0.502 e. The molecule has 5 heteroatoms. The molecule has 0 aromatic heterocycles. The van der Waals surface area contributed by atoms with Crippen LogP contribution in [0.1, 0.15) is 26.7 Å². The van der Waals surface area contributed by atoms with E-state index in [1.165, 1.54) is 0 Å². The number of carbonyl (C=O) groups is 2. The predicted octanol–water partition coefficient (Wildman–Crippen LogP) is 0.159. The van der Waals surface area contributed by atoms with Gasteiger partial charge in [-0.2, -0.15) is 0 Å². The standard InChI is InChI=1S/C6H11BO4/c1-3-5(8)10-7-11-6(9)4-2/h7H,3-4H2,1-2H3.